The number of nitrogens with zero attached hydrogens (tertiary/aromatic N) is 1. The van der Waals surface area contributed by atoms with E-state index in [2.05, 4.69) is 18.3 Å². The van der Waals surface area contributed by atoms with E-state index in [9.17, 15) is 0 Å². The van der Waals surface area contributed by atoms with Crippen molar-refractivity contribution in [3.05, 3.63) is 23.2 Å². The predicted molar refractivity (Wildman–Crippen MR) is 81.9 cm³/mol. The van der Waals surface area contributed by atoms with E-state index < -0.39 is 0 Å². The molecule has 1 aromatic rings. The highest BCUT2D eigenvalue weighted by Gasteiger charge is 2.03. The van der Waals surface area contributed by atoms with Gasteiger partial charge in [-0.2, -0.15) is 11.8 Å². The number of nitrogens with one attached hydrogen (secondary N) is 1. The normalized spacial score (nSPS) is 10.4. The Kier molecular flexibility index (Phi) is 6.60. The summed E-state index contributed by atoms with van der Waals surface area (Å²) in [6.07, 6.45) is 1.19. The van der Waals surface area contributed by atoms with Crippen LogP contribution >= 0.6 is 23.4 Å². The zero-order chi connectivity index (χ0) is 12.7. The fourth-order valence-electron chi connectivity index (χ4n) is 1.53. The molecule has 4 heteroatoms. The van der Waals surface area contributed by atoms with Crippen LogP contribution in [0, 0.1) is 0 Å². The summed E-state index contributed by atoms with van der Waals surface area (Å²) in [5, 5.41) is 4.19. The van der Waals surface area contributed by atoms with Gasteiger partial charge in [0.15, 0.2) is 0 Å². The van der Waals surface area contributed by atoms with Crippen LogP contribution in [0.15, 0.2) is 18.2 Å². The number of hydrogen-bond donors (Lipinski definition) is 1. The lowest BCUT2D eigenvalue weighted by Crippen LogP contribution is -2.09. The van der Waals surface area contributed by atoms with Crippen LogP contribution in [0.25, 0.3) is 0 Å². The van der Waals surface area contributed by atoms with Gasteiger partial charge in [0.25, 0.3) is 0 Å². The Morgan fingerprint density at radius 1 is 1.35 bits per heavy atom. The van der Waals surface area contributed by atoms with Crippen LogP contribution in [-0.4, -0.2) is 32.1 Å². The lowest BCUT2D eigenvalue weighted by atomic mass is 10.2. The molecule has 96 valence electrons. The maximum atomic E-state index is 6.20. The van der Waals surface area contributed by atoms with E-state index in [0.717, 1.165) is 22.9 Å². The van der Waals surface area contributed by atoms with Crippen molar-refractivity contribution in [2.45, 2.75) is 13.3 Å². The molecular weight excluding hydrogens is 252 g/mol. The second-order valence-corrected chi connectivity index (χ2v) is 5.84. The molecule has 0 aliphatic heterocycles. The molecule has 0 saturated heterocycles. The number of rotatable bonds is 7. The average molecular weight is 273 g/mol. The van der Waals surface area contributed by atoms with Gasteiger partial charge in [0.05, 0.1) is 10.7 Å². The van der Waals surface area contributed by atoms with Gasteiger partial charge in [0, 0.05) is 26.3 Å². The third-order valence-corrected chi connectivity index (χ3v) is 3.72. The van der Waals surface area contributed by atoms with E-state index in [0.29, 0.717) is 0 Å². The van der Waals surface area contributed by atoms with Gasteiger partial charge >= 0.3 is 0 Å². The molecule has 0 bridgehead atoms. The summed E-state index contributed by atoms with van der Waals surface area (Å²) >= 11 is 8.18. The number of anilines is 2. The lowest BCUT2D eigenvalue weighted by molar-refractivity contribution is 0.991. The molecule has 0 heterocycles. The van der Waals surface area contributed by atoms with Gasteiger partial charge < -0.3 is 10.2 Å². The van der Waals surface area contributed by atoms with Crippen molar-refractivity contribution in [2.75, 3.05) is 42.4 Å². The molecule has 17 heavy (non-hydrogen) atoms. The molecule has 1 rings (SSSR count). The third kappa shape index (κ3) is 5.09. The summed E-state index contributed by atoms with van der Waals surface area (Å²) < 4.78 is 0. The van der Waals surface area contributed by atoms with Gasteiger partial charge in [-0.15, -0.1) is 0 Å². The number of halogens is 1. The summed E-state index contributed by atoms with van der Waals surface area (Å²) in [6, 6.07) is 6.11. The quantitative estimate of drug-likeness (QED) is 0.757. The van der Waals surface area contributed by atoms with Gasteiger partial charge in [0.1, 0.15) is 0 Å². The van der Waals surface area contributed by atoms with E-state index in [-0.39, 0.29) is 0 Å². The SMILES string of the molecule is CCSCCCNc1ccc(N(C)C)c(Cl)c1. The molecule has 1 N–H and O–H groups in total. The van der Waals surface area contributed by atoms with Crippen molar-refractivity contribution >= 4 is 34.7 Å². The minimum Gasteiger partial charge on any atom is -0.385 e. The molecule has 0 spiro atoms. The second-order valence-electron chi connectivity index (χ2n) is 4.04. The zero-order valence-electron chi connectivity index (χ0n) is 10.8. The van der Waals surface area contributed by atoms with E-state index in [4.69, 9.17) is 11.6 Å². The van der Waals surface area contributed by atoms with E-state index >= 15 is 0 Å². The molecule has 0 unspecified atom stereocenters. The van der Waals surface area contributed by atoms with Crippen molar-refractivity contribution in [3.63, 3.8) is 0 Å². The highest BCUT2D eigenvalue weighted by Crippen LogP contribution is 2.27. The van der Waals surface area contributed by atoms with Crippen LogP contribution in [0.2, 0.25) is 5.02 Å². The largest absolute Gasteiger partial charge is 0.385 e. The second kappa shape index (κ2) is 7.72. The Balaban J connectivity index is 2.42. The van der Waals surface area contributed by atoms with E-state index in [1.165, 1.54) is 17.9 Å². The van der Waals surface area contributed by atoms with Crippen LogP contribution < -0.4 is 10.2 Å². The molecule has 0 atom stereocenters. The van der Waals surface area contributed by atoms with Gasteiger partial charge in [-0.1, -0.05) is 18.5 Å². The van der Waals surface area contributed by atoms with Gasteiger partial charge in [-0.05, 0) is 36.1 Å². The molecule has 0 aromatic heterocycles. The van der Waals surface area contributed by atoms with E-state index in [1.807, 2.05) is 42.9 Å². The standard InChI is InChI=1S/C13H21ClN2S/c1-4-17-9-5-8-15-11-6-7-13(16(2)3)12(14)10-11/h6-7,10,15H,4-5,8-9H2,1-3H3. The zero-order valence-corrected chi connectivity index (χ0v) is 12.4. The highest BCUT2D eigenvalue weighted by molar-refractivity contribution is 7.99. The first-order valence-electron chi connectivity index (χ1n) is 5.93. The Morgan fingerprint density at radius 3 is 2.71 bits per heavy atom. The molecule has 0 aliphatic rings. The van der Waals surface area contributed by atoms with Crippen LogP contribution in [0.3, 0.4) is 0 Å². The predicted octanol–water partition coefficient (Wildman–Crippen LogP) is 3.96. The molecular formula is C13H21ClN2S. The van der Waals surface area contributed by atoms with Crippen LogP contribution in [0.5, 0.6) is 0 Å². The third-order valence-electron chi connectivity index (χ3n) is 2.43. The summed E-state index contributed by atoms with van der Waals surface area (Å²) in [7, 11) is 3.99. The monoisotopic (exact) mass is 272 g/mol. The fraction of sp³-hybridized carbons (Fsp3) is 0.538. The van der Waals surface area contributed by atoms with Crippen molar-refractivity contribution in [1.82, 2.24) is 0 Å². The van der Waals surface area contributed by atoms with Crippen LogP contribution in [0.4, 0.5) is 11.4 Å². The smallest absolute Gasteiger partial charge is 0.0659 e. The van der Waals surface area contributed by atoms with Crippen LogP contribution in [0.1, 0.15) is 13.3 Å². The maximum absolute atomic E-state index is 6.20. The average Bonchev–Trinajstić information content (AvgIpc) is 2.28. The Hall–Kier alpha value is -0.540. The lowest BCUT2D eigenvalue weighted by Gasteiger charge is -2.15. The Morgan fingerprint density at radius 2 is 2.12 bits per heavy atom. The highest BCUT2D eigenvalue weighted by atomic mass is 35.5. The van der Waals surface area contributed by atoms with Crippen molar-refractivity contribution < 1.29 is 0 Å². The van der Waals surface area contributed by atoms with Gasteiger partial charge in [0.2, 0.25) is 0 Å². The molecule has 0 radical (unpaired) electrons. The first-order chi connectivity index (χ1) is 8.15. The summed E-state index contributed by atoms with van der Waals surface area (Å²) in [6.45, 7) is 3.20. The maximum Gasteiger partial charge on any atom is 0.0659 e. The summed E-state index contributed by atoms with van der Waals surface area (Å²) in [5.74, 6) is 2.41. The summed E-state index contributed by atoms with van der Waals surface area (Å²) in [5.41, 5.74) is 2.15. The number of thioether (sulfide) groups is 1. The molecule has 0 aliphatic carbocycles. The Labute approximate surface area is 114 Å². The first kappa shape index (κ1) is 14.5. The first-order valence-corrected chi connectivity index (χ1v) is 7.47. The number of benzene rings is 1. The fourth-order valence-corrected chi connectivity index (χ4v) is 2.52. The van der Waals surface area contributed by atoms with Crippen molar-refractivity contribution in [1.29, 1.82) is 0 Å². The molecule has 0 fully saturated rings. The molecule has 0 saturated carbocycles. The van der Waals surface area contributed by atoms with Gasteiger partial charge in [-0.25, -0.2) is 0 Å². The topological polar surface area (TPSA) is 15.3 Å². The minimum atomic E-state index is 0.794. The minimum absolute atomic E-state index is 0.794. The molecule has 2 nitrogen and oxygen atoms in total. The summed E-state index contributed by atoms with van der Waals surface area (Å²) in [4.78, 5) is 2.02. The molecule has 1 aromatic carbocycles. The van der Waals surface area contributed by atoms with Gasteiger partial charge in [-0.3, -0.25) is 0 Å². The van der Waals surface area contributed by atoms with Crippen molar-refractivity contribution in [2.24, 2.45) is 0 Å². The van der Waals surface area contributed by atoms with E-state index in [1.54, 1.807) is 0 Å². The van der Waals surface area contributed by atoms with Crippen LogP contribution in [-0.2, 0) is 0 Å². The Bertz CT molecular complexity index is 342. The van der Waals surface area contributed by atoms with Crippen molar-refractivity contribution in [3.8, 4) is 0 Å². The molecule has 0 amide bonds. The number of hydrogen-bond acceptors (Lipinski definition) is 3.